The SMILES string of the molecule is Cc1cc2cc(C(=O)NCc3ccc(Cl)cn3)ccc2nc1N. The van der Waals surface area contributed by atoms with Gasteiger partial charge in [-0.25, -0.2) is 4.98 Å². The number of aromatic nitrogens is 2. The van der Waals surface area contributed by atoms with Crippen LogP contribution in [0.15, 0.2) is 42.6 Å². The summed E-state index contributed by atoms with van der Waals surface area (Å²) in [5.41, 5.74) is 8.77. The first-order valence-electron chi connectivity index (χ1n) is 7.08. The molecule has 0 aliphatic heterocycles. The third-order valence-corrected chi connectivity index (χ3v) is 3.75. The van der Waals surface area contributed by atoms with Crippen molar-refractivity contribution in [1.82, 2.24) is 15.3 Å². The number of anilines is 1. The molecule has 2 aromatic heterocycles. The molecule has 0 radical (unpaired) electrons. The number of halogens is 1. The van der Waals surface area contributed by atoms with Crippen molar-refractivity contribution in [3.63, 3.8) is 0 Å². The summed E-state index contributed by atoms with van der Waals surface area (Å²) in [5, 5.41) is 4.29. The van der Waals surface area contributed by atoms with Gasteiger partial charge in [0, 0.05) is 17.1 Å². The minimum atomic E-state index is -0.168. The maximum atomic E-state index is 12.3. The molecule has 3 rings (SSSR count). The van der Waals surface area contributed by atoms with E-state index in [9.17, 15) is 4.79 Å². The summed E-state index contributed by atoms with van der Waals surface area (Å²) >= 11 is 5.78. The number of benzene rings is 1. The molecule has 0 aliphatic carbocycles. The Kier molecular flexibility index (Phi) is 4.12. The molecular weight excluding hydrogens is 312 g/mol. The Hall–Kier alpha value is -2.66. The quantitative estimate of drug-likeness (QED) is 0.775. The van der Waals surface area contributed by atoms with Crippen LogP contribution in [0.5, 0.6) is 0 Å². The molecule has 23 heavy (non-hydrogen) atoms. The molecular formula is C17H15ClN4O. The molecule has 0 bridgehead atoms. The van der Waals surface area contributed by atoms with Crippen molar-refractivity contribution in [2.24, 2.45) is 0 Å². The lowest BCUT2D eigenvalue weighted by Crippen LogP contribution is -2.23. The average molecular weight is 327 g/mol. The number of hydrogen-bond donors (Lipinski definition) is 2. The van der Waals surface area contributed by atoms with E-state index in [0.717, 1.165) is 22.2 Å². The highest BCUT2D eigenvalue weighted by atomic mass is 35.5. The van der Waals surface area contributed by atoms with Crippen LogP contribution in [0.25, 0.3) is 10.9 Å². The molecule has 0 aliphatic rings. The Labute approximate surface area is 138 Å². The number of fused-ring (bicyclic) bond motifs is 1. The minimum absolute atomic E-state index is 0.168. The van der Waals surface area contributed by atoms with Crippen molar-refractivity contribution in [2.75, 3.05) is 5.73 Å². The first-order chi connectivity index (χ1) is 11.0. The van der Waals surface area contributed by atoms with Crippen LogP contribution in [0.2, 0.25) is 5.02 Å². The van der Waals surface area contributed by atoms with Gasteiger partial charge >= 0.3 is 0 Å². The standard InChI is InChI=1S/C17H15ClN4O/c1-10-6-12-7-11(2-5-15(12)22-16(10)19)17(23)21-9-14-4-3-13(18)8-20-14/h2-8H,9H2,1H3,(H2,19,22)(H,21,23). The average Bonchev–Trinajstić information content (AvgIpc) is 2.54. The molecule has 1 aromatic carbocycles. The number of nitrogens with one attached hydrogen (secondary N) is 1. The number of carbonyl (C=O) groups is 1. The maximum absolute atomic E-state index is 12.3. The van der Waals surface area contributed by atoms with Gasteiger partial charge in [-0.15, -0.1) is 0 Å². The summed E-state index contributed by atoms with van der Waals surface area (Å²) in [6, 6.07) is 10.8. The fraction of sp³-hybridized carbons (Fsp3) is 0.118. The second-order valence-electron chi connectivity index (χ2n) is 5.25. The highest BCUT2D eigenvalue weighted by Gasteiger charge is 2.08. The van der Waals surface area contributed by atoms with Crippen LogP contribution in [0.3, 0.4) is 0 Å². The number of pyridine rings is 2. The zero-order valence-corrected chi connectivity index (χ0v) is 13.3. The van der Waals surface area contributed by atoms with E-state index in [1.807, 2.05) is 13.0 Å². The highest BCUT2D eigenvalue weighted by molar-refractivity contribution is 6.30. The first-order valence-corrected chi connectivity index (χ1v) is 7.46. The smallest absolute Gasteiger partial charge is 0.251 e. The molecule has 6 heteroatoms. The van der Waals surface area contributed by atoms with Crippen LogP contribution in [0, 0.1) is 6.92 Å². The second-order valence-corrected chi connectivity index (χ2v) is 5.68. The van der Waals surface area contributed by atoms with Gasteiger partial charge in [-0.05, 0) is 48.9 Å². The van der Waals surface area contributed by atoms with E-state index in [-0.39, 0.29) is 5.91 Å². The van der Waals surface area contributed by atoms with Gasteiger partial charge in [0.2, 0.25) is 0 Å². The number of nitrogens with two attached hydrogens (primary N) is 1. The summed E-state index contributed by atoms with van der Waals surface area (Å²) in [7, 11) is 0. The summed E-state index contributed by atoms with van der Waals surface area (Å²) in [5.74, 6) is 0.335. The van der Waals surface area contributed by atoms with E-state index >= 15 is 0 Å². The van der Waals surface area contributed by atoms with Gasteiger partial charge in [0.25, 0.3) is 5.91 Å². The molecule has 5 nitrogen and oxygen atoms in total. The van der Waals surface area contributed by atoms with Crippen molar-refractivity contribution in [1.29, 1.82) is 0 Å². The van der Waals surface area contributed by atoms with Gasteiger partial charge in [0.1, 0.15) is 5.82 Å². The zero-order chi connectivity index (χ0) is 16.4. The number of nitrogens with zero attached hydrogens (tertiary/aromatic N) is 2. The number of hydrogen-bond acceptors (Lipinski definition) is 4. The lowest BCUT2D eigenvalue weighted by Gasteiger charge is -2.07. The van der Waals surface area contributed by atoms with E-state index in [1.54, 1.807) is 36.5 Å². The Bertz CT molecular complexity index is 878. The predicted molar refractivity (Wildman–Crippen MR) is 91.3 cm³/mol. The molecule has 3 aromatic rings. The monoisotopic (exact) mass is 326 g/mol. The molecule has 0 unspecified atom stereocenters. The van der Waals surface area contributed by atoms with Gasteiger partial charge in [0.15, 0.2) is 0 Å². The lowest BCUT2D eigenvalue weighted by atomic mass is 10.1. The largest absolute Gasteiger partial charge is 0.383 e. The molecule has 116 valence electrons. The summed E-state index contributed by atoms with van der Waals surface area (Å²) < 4.78 is 0. The third kappa shape index (κ3) is 3.40. The van der Waals surface area contributed by atoms with Crippen LogP contribution in [-0.4, -0.2) is 15.9 Å². The van der Waals surface area contributed by atoms with Crippen LogP contribution < -0.4 is 11.1 Å². The fourth-order valence-electron chi connectivity index (χ4n) is 2.22. The number of carbonyl (C=O) groups excluding carboxylic acids is 1. The maximum Gasteiger partial charge on any atom is 0.251 e. The third-order valence-electron chi connectivity index (χ3n) is 3.53. The van der Waals surface area contributed by atoms with Gasteiger partial charge < -0.3 is 11.1 Å². The van der Waals surface area contributed by atoms with Crippen molar-refractivity contribution >= 4 is 34.2 Å². The van der Waals surface area contributed by atoms with E-state index in [0.29, 0.717) is 22.9 Å². The van der Waals surface area contributed by atoms with Crippen LogP contribution >= 0.6 is 11.6 Å². The lowest BCUT2D eigenvalue weighted by molar-refractivity contribution is 0.0950. The minimum Gasteiger partial charge on any atom is -0.383 e. The number of rotatable bonds is 3. The predicted octanol–water partition coefficient (Wildman–Crippen LogP) is 3.10. The van der Waals surface area contributed by atoms with Crippen molar-refractivity contribution in [3.8, 4) is 0 Å². The van der Waals surface area contributed by atoms with Crippen LogP contribution in [-0.2, 0) is 6.54 Å². The van der Waals surface area contributed by atoms with Crippen molar-refractivity contribution in [2.45, 2.75) is 13.5 Å². The van der Waals surface area contributed by atoms with E-state index in [4.69, 9.17) is 17.3 Å². The molecule has 0 fully saturated rings. The molecule has 1 amide bonds. The normalized spacial score (nSPS) is 10.7. The fourth-order valence-corrected chi connectivity index (χ4v) is 2.33. The topological polar surface area (TPSA) is 80.9 Å². The van der Waals surface area contributed by atoms with E-state index in [1.165, 1.54) is 0 Å². The Morgan fingerprint density at radius 2 is 2.09 bits per heavy atom. The summed E-state index contributed by atoms with van der Waals surface area (Å²) in [4.78, 5) is 20.7. The molecule has 3 N–H and O–H groups in total. The molecule has 2 heterocycles. The second kappa shape index (κ2) is 6.22. The Balaban J connectivity index is 1.77. The molecule has 0 spiro atoms. The number of amides is 1. The van der Waals surface area contributed by atoms with E-state index < -0.39 is 0 Å². The molecule has 0 saturated carbocycles. The molecule has 0 atom stereocenters. The van der Waals surface area contributed by atoms with Gasteiger partial charge in [-0.2, -0.15) is 0 Å². The van der Waals surface area contributed by atoms with Gasteiger partial charge in [-0.3, -0.25) is 9.78 Å². The van der Waals surface area contributed by atoms with Crippen LogP contribution in [0.1, 0.15) is 21.6 Å². The zero-order valence-electron chi connectivity index (χ0n) is 12.5. The van der Waals surface area contributed by atoms with E-state index in [2.05, 4.69) is 15.3 Å². The first kappa shape index (κ1) is 15.2. The van der Waals surface area contributed by atoms with Crippen LogP contribution in [0.4, 0.5) is 5.82 Å². The van der Waals surface area contributed by atoms with Gasteiger partial charge in [-0.1, -0.05) is 11.6 Å². The summed E-state index contributed by atoms with van der Waals surface area (Å²) in [6.45, 7) is 2.23. The van der Waals surface area contributed by atoms with Gasteiger partial charge in [0.05, 0.1) is 22.8 Å². The number of aryl methyl sites for hydroxylation is 1. The Morgan fingerprint density at radius 1 is 1.26 bits per heavy atom. The van der Waals surface area contributed by atoms with Crippen molar-refractivity contribution in [3.05, 3.63) is 64.4 Å². The Morgan fingerprint density at radius 3 is 2.83 bits per heavy atom. The van der Waals surface area contributed by atoms with Crippen molar-refractivity contribution < 1.29 is 4.79 Å². The number of nitrogen functional groups attached to an aromatic ring is 1. The summed E-state index contributed by atoms with van der Waals surface area (Å²) in [6.07, 6.45) is 1.55. The highest BCUT2D eigenvalue weighted by Crippen LogP contribution is 2.19. The molecule has 0 saturated heterocycles.